The van der Waals surface area contributed by atoms with Crippen LogP contribution in [0.5, 0.6) is 0 Å². The summed E-state index contributed by atoms with van der Waals surface area (Å²) < 4.78 is 16.7. The number of hydrogen-bond acceptors (Lipinski definition) is 4. The van der Waals surface area contributed by atoms with Crippen LogP contribution in [-0.4, -0.2) is 35.3 Å². The minimum absolute atomic E-state index is 0.298. The van der Waals surface area contributed by atoms with Crippen LogP contribution in [0, 0.1) is 5.82 Å². The van der Waals surface area contributed by atoms with Crippen LogP contribution in [0.15, 0.2) is 34.9 Å². The van der Waals surface area contributed by atoms with Crippen molar-refractivity contribution >= 4 is 15.9 Å². The molecule has 1 aromatic heterocycles. The standard InChI is InChI=1S/C14H19BrFN5/c1-20(2)7-8-21-14(11(15)9-18-21)13(19-17)10-5-3-4-6-12(10)16/h3-6,9,13,19H,7-8,17H2,1-2H3. The van der Waals surface area contributed by atoms with E-state index in [-0.39, 0.29) is 5.82 Å². The molecule has 0 aliphatic heterocycles. The Kier molecular flexibility index (Phi) is 5.46. The highest BCUT2D eigenvalue weighted by Crippen LogP contribution is 2.29. The highest BCUT2D eigenvalue weighted by molar-refractivity contribution is 9.10. The van der Waals surface area contributed by atoms with Gasteiger partial charge in [-0.2, -0.15) is 5.10 Å². The Morgan fingerprint density at radius 1 is 1.43 bits per heavy atom. The van der Waals surface area contributed by atoms with E-state index in [1.807, 2.05) is 18.8 Å². The van der Waals surface area contributed by atoms with E-state index in [9.17, 15) is 4.39 Å². The van der Waals surface area contributed by atoms with E-state index in [1.54, 1.807) is 24.4 Å². The van der Waals surface area contributed by atoms with Gasteiger partial charge in [-0.05, 0) is 36.1 Å². The Labute approximate surface area is 132 Å². The zero-order chi connectivity index (χ0) is 15.4. The number of likely N-dealkylation sites (N-methyl/N-ethyl adjacent to an activating group) is 1. The summed E-state index contributed by atoms with van der Waals surface area (Å²) in [4.78, 5) is 2.06. The maximum atomic E-state index is 14.0. The molecule has 1 unspecified atom stereocenters. The van der Waals surface area contributed by atoms with Crippen molar-refractivity contribution < 1.29 is 4.39 Å². The molecule has 2 rings (SSSR count). The molecular formula is C14H19BrFN5. The summed E-state index contributed by atoms with van der Waals surface area (Å²) in [6.07, 6.45) is 1.70. The number of aromatic nitrogens is 2. The van der Waals surface area contributed by atoms with Gasteiger partial charge < -0.3 is 4.90 Å². The van der Waals surface area contributed by atoms with E-state index in [0.717, 1.165) is 16.7 Å². The van der Waals surface area contributed by atoms with Crippen molar-refractivity contribution in [1.82, 2.24) is 20.1 Å². The maximum Gasteiger partial charge on any atom is 0.128 e. The minimum atomic E-state index is -0.467. The van der Waals surface area contributed by atoms with Crippen molar-refractivity contribution in [3.8, 4) is 0 Å². The zero-order valence-corrected chi connectivity index (χ0v) is 13.6. The van der Waals surface area contributed by atoms with Crippen LogP contribution in [0.4, 0.5) is 4.39 Å². The average Bonchev–Trinajstić information content (AvgIpc) is 2.81. The van der Waals surface area contributed by atoms with Gasteiger partial charge in [0.1, 0.15) is 5.82 Å². The minimum Gasteiger partial charge on any atom is -0.308 e. The van der Waals surface area contributed by atoms with Crippen LogP contribution in [0.1, 0.15) is 17.3 Å². The summed E-state index contributed by atoms with van der Waals surface area (Å²) in [7, 11) is 3.99. The quantitative estimate of drug-likeness (QED) is 0.613. The number of halogens is 2. The molecule has 0 radical (unpaired) electrons. The van der Waals surface area contributed by atoms with Crippen LogP contribution in [0.2, 0.25) is 0 Å². The van der Waals surface area contributed by atoms with E-state index in [4.69, 9.17) is 5.84 Å². The lowest BCUT2D eigenvalue weighted by molar-refractivity contribution is 0.365. The summed E-state index contributed by atoms with van der Waals surface area (Å²) in [5.41, 5.74) is 3.99. The van der Waals surface area contributed by atoms with E-state index < -0.39 is 6.04 Å². The first-order valence-corrected chi connectivity index (χ1v) is 7.40. The molecule has 1 atom stereocenters. The lowest BCUT2D eigenvalue weighted by Gasteiger charge is -2.20. The fourth-order valence-electron chi connectivity index (χ4n) is 2.16. The fraction of sp³-hybridized carbons (Fsp3) is 0.357. The molecule has 0 spiro atoms. The summed E-state index contributed by atoms with van der Waals surface area (Å²) in [6, 6.07) is 6.12. The maximum absolute atomic E-state index is 14.0. The number of hydrazine groups is 1. The molecule has 7 heteroatoms. The molecule has 0 amide bonds. The molecule has 0 aliphatic rings. The third kappa shape index (κ3) is 3.68. The highest BCUT2D eigenvalue weighted by Gasteiger charge is 2.23. The van der Waals surface area contributed by atoms with Crippen LogP contribution in [0.3, 0.4) is 0 Å². The molecule has 2 aromatic rings. The lowest BCUT2D eigenvalue weighted by Crippen LogP contribution is -2.32. The SMILES string of the molecule is CN(C)CCn1ncc(Br)c1C(NN)c1ccccc1F. The van der Waals surface area contributed by atoms with E-state index in [2.05, 4.69) is 31.4 Å². The smallest absolute Gasteiger partial charge is 0.128 e. The van der Waals surface area contributed by atoms with Gasteiger partial charge in [-0.1, -0.05) is 18.2 Å². The Balaban J connectivity index is 2.38. The molecule has 21 heavy (non-hydrogen) atoms. The largest absolute Gasteiger partial charge is 0.308 e. The second kappa shape index (κ2) is 7.13. The molecule has 0 aliphatic carbocycles. The van der Waals surface area contributed by atoms with Gasteiger partial charge in [0.25, 0.3) is 0 Å². The van der Waals surface area contributed by atoms with E-state index in [0.29, 0.717) is 12.1 Å². The molecule has 5 nitrogen and oxygen atoms in total. The first kappa shape index (κ1) is 16.1. The molecule has 1 aromatic carbocycles. The highest BCUT2D eigenvalue weighted by atomic mass is 79.9. The number of benzene rings is 1. The van der Waals surface area contributed by atoms with Crippen molar-refractivity contribution in [3.05, 3.63) is 52.0 Å². The Hall–Kier alpha value is -1.28. The predicted octanol–water partition coefficient (Wildman–Crippen LogP) is 1.90. The van der Waals surface area contributed by atoms with Gasteiger partial charge in [-0.15, -0.1) is 0 Å². The molecule has 1 heterocycles. The summed E-state index contributed by atoms with van der Waals surface area (Å²) in [6.45, 7) is 1.52. The fourth-order valence-corrected chi connectivity index (χ4v) is 2.68. The molecule has 0 saturated carbocycles. The van der Waals surface area contributed by atoms with Gasteiger partial charge in [0.15, 0.2) is 0 Å². The summed E-state index contributed by atoms with van der Waals surface area (Å²) in [5, 5.41) is 4.34. The monoisotopic (exact) mass is 355 g/mol. The van der Waals surface area contributed by atoms with Gasteiger partial charge in [0, 0.05) is 12.1 Å². The third-order valence-electron chi connectivity index (χ3n) is 3.25. The molecular weight excluding hydrogens is 337 g/mol. The average molecular weight is 356 g/mol. The Morgan fingerprint density at radius 3 is 2.76 bits per heavy atom. The van der Waals surface area contributed by atoms with Crippen LogP contribution in [-0.2, 0) is 6.54 Å². The first-order chi connectivity index (χ1) is 10.0. The lowest BCUT2D eigenvalue weighted by atomic mass is 10.0. The van der Waals surface area contributed by atoms with E-state index in [1.165, 1.54) is 6.07 Å². The molecule has 0 saturated heterocycles. The van der Waals surface area contributed by atoms with Gasteiger partial charge in [-0.3, -0.25) is 10.5 Å². The van der Waals surface area contributed by atoms with E-state index >= 15 is 0 Å². The second-order valence-corrected chi connectivity index (χ2v) is 5.88. The van der Waals surface area contributed by atoms with Gasteiger partial charge in [0.2, 0.25) is 0 Å². The van der Waals surface area contributed by atoms with Gasteiger partial charge >= 0.3 is 0 Å². The second-order valence-electron chi connectivity index (χ2n) is 5.03. The normalized spacial score (nSPS) is 12.9. The van der Waals surface area contributed by atoms with Crippen molar-refractivity contribution in [2.45, 2.75) is 12.6 Å². The number of nitrogens with one attached hydrogen (secondary N) is 1. The van der Waals surface area contributed by atoms with Gasteiger partial charge in [-0.25, -0.2) is 9.82 Å². The van der Waals surface area contributed by atoms with Crippen LogP contribution < -0.4 is 11.3 Å². The summed E-state index contributed by atoms with van der Waals surface area (Å²) >= 11 is 3.47. The topological polar surface area (TPSA) is 59.1 Å². The number of nitrogens with zero attached hydrogens (tertiary/aromatic N) is 3. The van der Waals surface area contributed by atoms with Crippen LogP contribution >= 0.6 is 15.9 Å². The zero-order valence-electron chi connectivity index (χ0n) is 12.1. The van der Waals surface area contributed by atoms with Gasteiger partial charge in [0.05, 0.1) is 29.0 Å². The molecule has 3 N–H and O–H groups in total. The molecule has 0 bridgehead atoms. The number of nitrogens with two attached hydrogens (primary N) is 1. The number of hydrogen-bond donors (Lipinski definition) is 2. The first-order valence-electron chi connectivity index (χ1n) is 6.61. The van der Waals surface area contributed by atoms with Crippen molar-refractivity contribution in [1.29, 1.82) is 0 Å². The van der Waals surface area contributed by atoms with Crippen molar-refractivity contribution in [2.75, 3.05) is 20.6 Å². The Bertz CT molecular complexity index is 599. The predicted molar refractivity (Wildman–Crippen MR) is 84.0 cm³/mol. The Morgan fingerprint density at radius 2 is 2.14 bits per heavy atom. The van der Waals surface area contributed by atoms with Crippen molar-refractivity contribution in [2.24, 2.45) is 5.84 Å². The number of rotatable bonds is 6. The van der Waals surface area contributed by atoms with Crippen molar-refractivity contribution in [3.63, 3.8) is 0 Å². The van der Waals surface area contributed by atoms with Crippen LogP contribution in [0.25, 0.3) is 0 Å². The summed E-state index contributed by atoms with van der Waals surface area (Å²) in [5.74, 6) is 5.37. The molecule has 0 fully saturated rings. The molecule has 114 valence electrons. The third-order valence-corrected chi connectivity index (χ3v) is 3.86.